The number of carbonyl (C=O) groups is 2. The van der Waals surface area contributed by atoms with Gasteiger partial charge >= 0.3 is 0 Å². The molecule has 3 heterocycles. The summed E-state index contributed by atoms with van der Waals surface area (Å²) in [6.07, 6.45) is 8.56. The maximum atomic E-state index is 13.8. The van der Waals surface area contributed by atoms with Gasteiger partial charge in [0.1, 0.15) is 11.5 Å². The number of benzene rings is 1. The van der Waals surface area contributed by atoms with Gasteiger partial charge in [-0.3, -0.25) is 14.5 Å². The van der Waals surface area contributed by atoms with E-state index >= 15 is 0 Å². The van der Waals surface area contributed by atoms with Crippen LogP contribution in [0.3, 0.4) is 0 Å². The summed E-state index contributed by atoms with van der Waals surface area (Å²) in [6, 6.07) is 13.6. The van der Waals surface area contributed by atoms with Crippen molar-refractivity contribution in [1.29, 1.82) is 0 Å². The summed E-state index contributed by atoms with van der Waals surface area (Å²) < 4.78 is 0. The molecule has 7 nitrogen and oxygen atoms in total. The second-order valence-corrected chi connectivity index (χ2v) is 10.0. The molecule has 1 saturated heterocycles. The Kier molecular flexibility index (Phi) is 8.83. The molecule has 2 aliphatic rings. The molecular weight excluding hydrogens is 470 g/mol. The molecule has 0 unspecified atom stereocenters. The van der Waals surface area contributed by atoms with Crippen LogP contribution in [0.2, 0.25) is 0 Å². The summed E-state index contributed by atoms with van der Waals surface area (Å²) in [7, 11) is 2.10. The van der Waals surface area contributed by atoms with Gasteiger partial charge in [-0.25, -0.2) is 4.98 Å². The first-order valence-corrected chi connectivity index (χ1v) is 13.8. The molecule has 1 aromatic heterocycles. The summed E-state index contributed by atoms with van der Waals surface area (Å²) in [5.41, 5.74) is 3.28. The first-order valence-electron chi connectivity index (χ1n) is 12.6. The number of nitrogens with zero attached hydrogens (tertiary/aromatic N) is 4. The number of thioether (sulfide) groups is 1. The normalized spacial score (nSPS) is 16.8. The Morgan fingerprint density at radius 3 is 2.72 bits per heavy atom. The number of carbonyl (C=O) groups excluding carboxylic acids is 2. The number of para-hydroxylation sites is 1. The van der Waals surface area contributed by atoms with E-state index in [9.17, 15) is 9.59 Å². The van der Waals surface area contributed by atoms with Crippen LogP contribution in [0, 0.1) is 0 Å². The Hall–Kier alpha value is -3.10. The molecule has 1 N–H and O–H groups in total. The van der Waals surface area contributed by atoms with Crippen molar-refractivity contribution in [3.63, 3.8) is 0 Å². The predicted molar refractivity (Wildman–Crippen MR) is 149 cm³/mol. The average molecular weight is 506 g/mol. The fraction of sp³-hybridized carbons (Fsp3) is 0.393. The minimum absolute atomic E-state index is 0.0555. The van der Waals surface area contributed by atoms with Crippen molar-refractivity contribution < 1.29 is 9.59 Å². The molecule has 1 fully saturated rings. The number of anilines is 2. The van der Waals surface area contributed by atoms with Crippen LogP contribution in [0.1, 0.15) is 42.2 Å². The van der Waals surface area contributed by atoms with E-state index < -0.39 is 0 Å². The Morgan fingerprint density at radius 2 is 1.94 bits per heavy atom. The highest BCUT2D eigenvalue weighted by Crippen LogP contribution is 2.31. The maximum Gasteiger partial charge on any atom is 0.276 e. The van der Waals surface area contributed by atoms with E-state index in [1.165, 1.54) is 11.8 Å². The van der Waals surface area contributed by atoms with Gasteiger partial charge in [0.05, 0.1) is 17.3 Å². The van der Waals surface area contributed by atoms with Gasteiger partial charge in [-0.1, -0.05) is 31.2 Å². The molecule has 2 amide bonds. The molecule has 2 aromatic rings. The van der Waals surface area contributed by atoms with E-state index in [1.54, 1.807) is 6.07 Å². The number of rotatable bonds is 7. The number of hydrogen-bond acceptors (Lipinski definition) is 6. The molecule has 0 aliphatic carbocycles. The molecule has 0 radical (unpaired) electrons. The van der Waals surface area contributed by atoms with Gasteiger partial charge in [0.2, 0.25) is 0 Å². The molecule has 0 saturated carbocycles. The molecule has 2 aliphatic heterocycles. The minimum atomic E-state index is -0.112. The van der Waals surface area contributed by atoms with Gasteiger partial charge in [0, 0.05) is 26.2 Å². The lowest BCUT2D eigenvalue weighted by molar-refractivity contribution is -0.116. The lowest BCUT2D eigenvalue weighted by atomic mass is 10.1. The number of nitrogens with one attached hydrogen (secondary N) is 1. The van der Waals surface area contributed by atoms with Crippen LogP contribution >= 0.6 is 11.8 Å². The summed E-state index contributed by atoms with van der Waals surface area (Å²) in [4.78, 5) is 38.1. The molecule has 190 valence electrons. The number of hydrogen-bond donors (Lipinski definition) is 1. The van der Waals surface area contributed by atoms with E-state index in [-0.39, 0.29) is 11.8 Å². The summed E-state index contributed by atoms with van der Waals surface area (Å²) in [5.74, 6) is 0.666. The van der Waals surface area contributed by atoms with Crippen molar-refractivity contribution in [2.75, 3.05) is 56.0 Å². The predicted octanol–water partition coefficient (Wildman–Crippen LogP) is 4.39. The third-order valence-electron chi connectivity index (χ3n) is 6.39. The number of pyridine rings is 1. The third kappa shape index (κ3) is 6.17. The Balaban J connectivity index is 1.59. The molecule has 0 spiro atoms. The van der Waals surface area contributed by atoms with Crippen molar-refractivity contribution >= 4 is 41.2 Å². The zero-order valence-corrected chi connectivity index (χ0v) is 22.2. The fourth-order valence-corrected chi connectivity index (χ4v) is 5.06. The smallest absolute Gasteiger partial charge is 0.276 e. The topological polar surface area (TPSA) is 68.8 Å². The highest BCUT2D eigenvalue weighted by molar-refractivity contribution is 8.03. The average Bonchev–Trinajstić information content (AvgIpc) is 3.09. The molecule has 0 atom stereocenters. The number of allylic oxidation sites excluding steroid dienone is 1. The van der Waals surface area contributed by atoms with Crippen molar-refractivity contribution in [2.45, 2.75) is 26.2 Å². The van der Waals surface area contributed by atoms with Crippen molar-refractivity contribution in [2.24, 2.45) is 0 Å². The van der Waals surface area contributed by atoms with E-state index in [0.29, 0.717) is 30.1 Å². The highest BCUT2D eigenvalue weighted by Gasteiger charge is 2.25. The van der Waals surface area contributed by atoms with Crippen molar-refractivity contribution in [1.82, 2.24) is 15.2 Å². The Morgan fingerprint density at radius 1 is 1.11 bits per heavy atom. The van der Waals surface area contributed by atoms with Crippen LogP contribution in [-0.2, 0) is 4.79 Å². The zero-order chi connectivity index (χ0) is 25.5. The first kappa shape index (κ1) is 26.0. The van der Waals surface area contributed by atoms with Crippen LogP contribution < -0.4 is 15.1 Å². The van der Waals surface area contributed by atoms with Gasteiger partial charge < -0.3 is 15.1 Å². The molecule has 8 heteroatoms. The highest BCUT2D eigenvalue weighted by atomic mass is 32.2. The second kappa shape index (κ2) is 12.2. The maximum absolute atomic E-state index is 13.8. The molecule has 4 rings (SSSR count). The standard InChI is InChI=1S/C28H35N5O2S/c1-4-14-29-27(34)25(36-3)19-21-13-17-33(24-11-6-5-9-22(24)18-21)28(35)23-10-7-12-26(30-23)32-16-8-15-31(2)20-32/h5-7,9-12,18-19H,4,8,13-17,20H2,1-3H3,(H,29,34)/b25-19-. The number of amides is 2. The second-order valence-electron chi connectivity index (χ2n) is 9.17. The Labute approximate surface area is 218 Å². The molecular formula is C28H35N5O2S. The van der Waals surface area contributed by atoms with E-state index in [4.69, 9.17) is 4.98 Å². The number of aromatic nitrogens is 1. The van der Waals surface area contributed by atoms with Gasteiger partial charge in [-0.2, -0.15) is 0 Å². The summed E-state index contributed by atoms with van der Waals surface area (Å²) >= 11 is 1.44. The Bertz CT molecular complexity index is 1160. The number of fused-ring (bicyclic) bond motifs is 1. The lowest BCUT2D eigenvalue weighted by Gasteiger charge is -2.34. The van der Waals surface area contributed by atoms with Crippen LogP contribution in [0.5, 0.6) is 0 Å². The van der Waals surface area contributed by atoms with Gasteiger partial charge in [0.15, 0.2) is 0 Å². The first-order chi connectivity index (χ1) is 17.5. The van der Waals surface area contributed by atoms with Crippen molar-refractivity contribution in [3.8, 4) is 0 Å². The van der Waals surface area contributed by atoms with Crippen LogP contribution in [-0.4, -0.2) is 67.8 Å². The van der Waals surface area contributed by atoms with Crippen LogP contribution in [0.15, 0.2) is 59.0 Å². The largest absolute Gasteiger partial charge is 0.352 e. The molecule has 36 heavy (non-hydrogen) atoms. The van der Waals surface area contributed by atoms with Gasteiger partial charge in [-0.05, 0) is 74.1 Å². The van der Waals surface area contributed by atoms with Gasteiger partial charge in [-0.15, -0.1) is 11.8 Å². The van der Waals surface area contributed by atoms with E-state index in [2.05, 4.69) is 28.2 Å². The molecule has 1 aromatic carbocycles. The molecule has 0 bridgehead atoms. The third-order valence-corrected chi connectivity index (χ3v) is 7.13. The summed E-state index contributed by atoms with van der Waals surface area (Å²) in [5, 5.41) is 2.96. The minimum Gasteiger partial charge on any atom is -0.352 e. The van der Waals surface area contributed by atoms with Crippen molar-refractivity contribution in [3.05, 3.63) is 70.3 Å². The van der Waals surface area contributed by atoms with Crippen LogP contribution in [0.4, 0.5) is 11.5 Å². The van der Waals surface area contributed by atoms with Gasteiger partial charge in [0.25, 0.3) is 11.8 Å². The SMILES string of the molecule is CCCNC(=O)/C(=C/C1=Cc2ccccc2N(C(=O)c2cccc(N3CCCN(C)C3)n2)CC1)SC. The van der Waals surface area contributed by atoms with Crippen LogP contribution in [0.25, 0.3) is 6.08 Å². The zero-order valence-electron chi connectivity index (χ0n) is 21.4. The monoisotopic (exact) mass is 505 g/mol. The lowest BCUT2D eigenvalue weighted by Crippen LogP contribution is -2.43. The van der Waals surface area contributed by atoms with E-state index in [1.807, 2.05) is 60.6 Å². The quantitative estimate of drug-likeness (QED) is 0.563. The fourth-order valence-electron chi connectivity index (χ4n) is 4.53. The van der Waals surface area contributed by atoms with E-state index in [0.717, 1.165) is 55.2 Å². The summed E-state index contributed by atoms with van der Waals surface area (Å²) in [6.45, 7) is 6.01.